The van der Waals surface area contributed by atoms with Crippen LogP contribution in [-0.2, 0) is 17.8 Å². The first-order chi connectivity index (χ1) is 19.1. The van der Waals surface area contributed by atoms with Gasteiger partial charge in [0.25, 0.3) is 0 Å². The Morgan fingerprint density at radius 3 is 2.58 bits per heavy atom. The van der Waals surface area contributed by atoms with E-state index in [1.165, 1.54) is 19.1 Å². The van der Waals surface area contributed by atoms with Gasteiger partial charge in [-0.15, -0.1) is 0 Å². The zero-order valence-electron chi connectivity index (χ0n) is 23.3. The van der Waals surface area contributed by atoms with Crippen molar-refractivity contribution in [2.45, 2.75) is 83.2 Å². The molecule has 214 valence electrons. The monoisotopic (exact) mass is 552 g/mol. The molecule has 3 aromatic rings. The first kappa shape index (κ1) is 28.2. The molecule has 7 nitrogen and oxygen atoms in total. The second kappa shape index (κ2) is 11.7. The van der Waals surface area contributed by atoms with Gasteiger partial charge in [0, 0.05) is 55.9 Å². The van der Waals surface area contributed by atoms with Gasteiger partial charge in [-0.1, -0.05) is 13.8 Å². The molecule has 9 heteroatoms. The van der Waals surface area contributed by atoms with Crippen LogP contribution in [0.15, 0.2) is 48.7 Å². The van der Waals surface area contributed by atoms with Crippen molar-refractivity contribution in [3.63, 3.8) is 0 Å². The number of rotatable bonds is 10. The largest absolute Gasteiger partial charge is 0.487 e. The fraction of sp³-hybridized carbons (Fsp3) is 0.484. The number of hydrogen-bond donors (Lipinski definition) is 3. The van der Waals surface area contributed by atoms with E-state index in [4.69, 9.17) is 9.84 Å². The number of halogens is 2. The molecule has 3 atom stereocenters. The highest BCUT2D eigenvalue weighted by molar-refractivity contribution is 5.73. The Bertz CT molecular complexity index is 1330. The third-order valence-electron chi connectivity index (χ3n) is 7.85. The van der Waals surface area contributed by atoms with Crippen LogP contribution in [0.4, 0.5) is 8.78 Å². The number of nitrogens with one attached hydrogen (secondary N) is 2. The molecule has 1 saturated carbocycles. The van der Waals surface area contributed by atoms with Gasteiger partial charge in [0.05, 0.1) is 17.8 Å². The molecule has 5 rings (SSSR count). The predicted octanol–water partition coefficient (Wildman–Crippen LogP) is 4.93. The molecule has 0 bridgehead atoms. The van der Waals surface area contributed by atoms with Crippen molar-refractivity contribution in [1.29, 1.82) is 0 Å². The SMILES string of the molecule is CC(=O)N[C@@H](Cc1cc(F)cc(F)c1)[C@@H](O)CN[C@H]1CC2(CCC2)Oc2ccc(-c3ccn(CC(C)C)n3)cc21. The Hall–Kier alpha value is -3.30. The Morgan fingerprint density at radius 2 is 1.93 bits per heavy atom. The van der Waals surface area contributed by atoms with E-state index < -0.39 is 23.8 Å². The first-order valence-electron chi connectivity index (χ1n) is 14.1. The summed E-state index contributed by atoms with van der Waals surface area (Å²) in [7, 11) is 0. The highest BCUT2D eigenvalue weighted by Crippen LogP contribution is 2.49. The normalized spacial score (nSPS) is 19.0. The van der Waals surface area contributed by atoms with Crippen LogP contribution in [0.25, 0.3) is 11.3 Å². The maximum absolute atomic E-state index is 13.8. The molecular weight excluding hydrogens is 514 g/mol. The number of carbonyl (C=O) groups excluding carboxylic acids is 1. The van der Waals surface area contributed by atoms with E-state index in [0.717, 1.165) is 60.9 Å². The van der Waals surface area contributed by atoms with Gasteiger partial charge in [0.2, 0.25) is 5.91 Å². The molecule has 1 aliphatic heterocycles. The van der Waals surface area contributed by atoms with Gasteiger partial charge < -0.3 is 20.5 Å². The van der Waals surface area contributed by atoms with Crippen LogP contribution < -0.4 is 15.4 Å². The summed E-state index contributed by atoms with van der Waals surface area (Å²) in [5.41, 5.74) is 3.03. The average Bonchev–Trinajstić information content (AvgIpc) is 3.32. The predicted molar refractivity (Wildman–Crippen MR) is 149 cm³/mol. The number of aromatic nitrogens is 2. The first-order valence-corrected chi connectivity index (χ1v) is 14.1. The summed E-state index contributed by atoms with van der Waals surface area (Å²) in [5.74, 6) is -0.397. The molecule has 2 aromatic carbocycles. The molecule has 2 aliphatic rings. The molecule has 1 aromatic heterocycles. The number of amides is 1. The zero-order chi connectivity index (χ0) is 28.4. The highest BCUT2D eigenvalue weighted by atomic mass is 19.1. The van der Waals surface area contributed by atoms with Crippen LogP contribution in [0, 0.1) is 17.6 Å². The standard InChI is InChI=1S/C31H38F2N4O3/c1-19(2)18-37-10-7-26(36-37)22-5-6-30-25(14-22)28(16-31(40-30)8-4-9-31)34-17-29(39)27(35-20(3)38)13-21-11-23(32)15-24(33)12-21/h5-7,10-12,14-15,19,27-29,34,39H,4,8-9,13,16-18H2,1-3H3,(H,35,38)/t27-,28-,29-/m0/s1. The van der Waals surface area contributed by atoms with E-state index in [1.807, 2.05) is 29.1 Å². The van der Waals surface area contributed by atoms with Gasteiger partial charge >= 0.3 is 0 Å². The van der Waals surface area contributed by atoms with Crippen molar-refractivity contribution in [1.82, 2.24) is 20.4 Å². The molecule has 0 saturated heterocycles. The van der Waals surface area contributed by atoms with Crippen molar-refractivity contribution >= 4 is 5.91 Å². The van der Waals surface area contributed by atoms with E-state index in [2.05, 4.69) is 30.5 Å². The van der Waals surface area contributed by atoms with E-state index in [1.54, 1.807) is 0 Å². The highest BCUT2D eigenvalue weighted by Gasteiger charge is 2.45. The number of benzene rings is 2. The van der Waals surface area contributed by atoms with E-state index >= 15 is 0 Å². The Balaban J connectivity index is 1.35. The smallest absolute Gasteiger partial charge is 0.217 e. The molecule has 2 heterocycles. The van der Waals surface area contributed by atoms with Gasteiger partial charge in [-0.25, -0.2) is 8.78 Å². The molecule has 1 aliphatic carbocycles. The lowest BCUT2D eigenvalue weighted by molar-refractivity contribution is -0.120. The van der Waals surface area contributed by atoms with Crippen molar-refractivity contribution in [3.8, 4) is 17.0 Å². The number of aliphatic hydroxyl groups is 1. The number of aliphatic hydroxyl groups excluding tert-OH is 1. The lowest BCUT2D eigenvalue weighted by Gasteiger charge is -2.48. The summed E-state index contributed by atoms with van der Waals surface area (Å²) in [5, 5.41) is 22.2. The van der Waals surface area contributed by atoms with Gasteiger partial charge in [-0.3, -0.25) is 9.48 Å². The fourth-order valence-electron chi connectivity index (χ4n) is 5.81. The van der Waals surface area contributed by atoms with E-state index in [-0.39, 0.29) is 30.5 Å². The average molecular weight is 553 g/mol. The summed E-state index contributed by atoms with van der Waals surface area (Å²) >= 11 is 0. The minimum absolute atomic E-state index is 0.0824. The number of fused-ring (bicyclic) bond motifs is 1. The maximum Gasteiger partial charge on any atom is 0.217 e. The molecular formula is C31H38F2N4O3. The van der Waals surface area contributed by atoms with Crippen molar-refractivity contribution < 1.29 is 23.4 Å². The Kier molecular flexibility index (Phi) is 8.24. The molecule has 1 spiro atoms. The maximum atomic E-state index is 13.8. The molecule has 0 unspecified atom stereocenters. The summed E-state index contributed by atoms with van der Waals surface area (Å²) in [6.45, 7) is 6.70. The summed E-state index contributed by atoms with van der Waals surface area (Å²) < 4.78 is 36.0. The summed E-state index contributed by atoms with van der Waals surface area (Å²) in [6, 6.07) is 10.6. The number of nitrogens with zero attached hydrogens (tertiary/aromatic N) is 2. The molecule has 1 amide bonds. The Labute approximate surface area is 233 Å². The van der Waals surface area contributed by atoms with Crippen LogP contribution in [0.5, 0.6) is 5.75 Å². The lowest BCUT2D eigenvalue weighted by Crippen LogP contribution is -2.52. The number of carbonyl (C=O) groups is 1. The molecule has 3 N–H and O–H groups in total. The summed E-state index contributed by atoms with van der Waals surface area (Å²) in [6.07, 6.45) is 4.93. The minimum atomic E-state index is -0.992. The van der Waals surface area contributed by atoms with Crippen LogP contribution in [0.3, 0.4) is 0 Å². The minimum Gasteiger partial charge on any atom is -0.487 e. The van der Waals surface area contributed by atoms with Crippen molar-refractivity contribution in [2.75, 3.05) is 6.54 Å². The Morgan fingerprint density at radius 1 is 1.18 bits per heavy atom. The molecule has 40 heavy (non-hydrogen) atoms. The quantitative estimate of drug-likeness (QED) is 0.332. The third kappa shape index (κ3) is 6.53. The third-order valence-corrected chi connectivity index (χ3v) is 7.85. The van der Waals surface area contributed by atoms with Crippen molar-refractivity contribution in [2.24, 2.45) is 5.92 Å². The summed E-state index contributed by atoms with van der Waals surface area (Å²) in [4.78, 5) is 11.9. The fourth-order valence-corrected chi connectivity index (χ4v) is 5.81. The second-order valence-corrected chi connectivity index (χ2v) is 11.7. The molecule has 0 radical (unpaired) electrons. The van der Waals surface area contributed by atoms with Gasteiger partial charge in [-0.05, 0) is 73.6 Å². The number of ether oxygens (including phenoxy) is 1. The van der Waals surface area contributed by atoms with Crippen LogP contribution in [0.1, 0.15) is 63.6 Å². The van der Waals surface area contributed by atoms with Gasteiger partial charge in [-0.2, -0.15) is 5.10 Å². The van der Waals surface area contributed by atoms with Crippen LogP contribution in [-0.4, -0.2) is 45.1 Å². The zero-order valence-corrected chi connectivity index (χ0v) is 23.3. The lowest BCUT2D eigenvalue weighted by atomic mass is 9.72. The van der Waals surface area contributed by atoms with Gasteiger partial charge in [0.15, 0.2) is 0 Å². The van der Waals surface area contributed by atoms with Gasteiger partial charge in [0.1, 0.15) is 23.0 Å². The van der Waals surface area contributed by atoms with E-state index in [0.29, 0.717) is 11.5 Å². The topological polar surface area (TPSA) is 88.4 Å². The second-order valence-electron chi connectivity index (χ2n) is 11.7. The molecule has 1 fully saturated rings. The van der Waals surface area contributed by atoms with Crippen LogP contribution in [0.2, 0.25) is 0 Å². The van der Waals surface area contributed by atoms with Crippen LogP contribution >= 0.6 is 0 Å². The van der Waals surface area contributed by atoms with Crippen molar-refractivity contribution in [3.05, 3.63) is 71.4 Å². The number of hydrogen-bond acceptors (Lipinski definition) is 5. The van der Waals surface area contributed by atoms with E-state index in [9.17, 15) is 18.7 Å².